The molecule has 0 atom stereocenters. The van der Waals surface area contributed by atoms with E-state index in [4.69, 9.17) is 10.5 Å². The Morgan fingerprint density at radius 2 is 2.03 bits per heavy atom. The van der Waals surface area contributed by atoms with Crippen molar-refractivity contribution >= 4 is 39.3 Å². The van der Waals surface area contributed by atoms with E-state index in [-0.39, 0.29) is 18.9 Å². The lowest BCUT2D eigenvalue weighted by atomic mass is 10.1. The average molecular weight is 407 g/mol. The third kappa shape index (κ3) is 4.41. The number of hydrogen-bond acceptors (Lipinski definition) is 6. The first-order valence-electron chi connectivity index (χ1n) is 8.76. The number of thiazole rings is 1. The Morgan fingerprint density at radius 3 is 2.83 bits per heavy atom. The van der Waals surface area contributed by atoms with Gasteiger partial charge in [0.05, 0.1) is 12.1 Å². The van der Waals surface area contributed by atoms with E-state index < -0.39 is 5.91 Å². The molecule has 4 N–H and O–H groups in total. The first-order valence-corrected chi connectivity index (χ1v) is 9.64. The molecule has 0 saturated heterocycles. The number of primary amides is 1. The fourth-order valence-corrected chi connectivity index (χ4v) is 3.56. The summed E-state index contributed by atoms with van der Waals surface area (Å²) in [6.45, 7) is -0.152. The van der Waals surface area contributed by atoms with Gasteiger partial charge < -0.3 is 15.5 Å². The number of nitrogens with one attached hydrogen (secondary N) is 2. The number of carbonyl (C=O) groups is 2. The van der Waals surface area contributed by atoms with Gasteiger partial charge in [0.1, 0.15) is 11.4 Å². The number of pyridine rings is 1. The van der Waals surface area contributed by atoms with Crippen LogP contribution in [-0.2, 0) is 16.0 Å². The molecule has 0 fully saturated rings. The van der Waals surface area contributed by atoms with E-state index in [0.29, 0.717) is 10.9 Å². The van der Waals surface area contributed by atoms with Crippen molar-refractivity contribution in [1.29, 1.82) is 0 Å². The molecule has 8 nitrogen and oxygen atoms in total. The Hall–Kier alpha value is -3.72. The Balaban J connectivity index is 1.35. The van der Waals surface area contributed by atoms with Crippen molar-refractivity contribution in [3.8, 4) is 17.0 Å². The SMILES string of the molecule is NC(=O)Cc1ccc(OCC(=O)Nc2nc(-c3c[nH]c4ncccc34)cs2)cc1. The van der Waals surface area contributed by atoms with Gasteiger partial charge in [-0.3, -0.25) is 14.9 Å². The van der Waals surface area contributed by atoms with Crippen LogP contribution in [0.3, 0.4) is 0 Å². The molecule has 0 radical (unpaired) electrons. The number of hydrogen-bond donors (Lipinski definition) is 3. The third-order valence-electron chi connectivity index (χ3n) is 4.15. The summed E-state index contributed by atoms with van der Waals surface area (Å²) in [5.74, 6) is -0.183. The number of amides is 2. The van der Waals surface area contributed by atoms with Crippen LogP contribution in [0, 0.1) is 0 Å². The maximum absolute atomic E-state index is 12.2. The molecule has 3 heterocycles. The maximum atomic E-state index is 12.2. The molecule has 9 heteroatoms. The lowest BCUT2D eigenvalue weighted by Gasteiger charge is -2.06. The number of benzene rings is 1. The quantitative estimate of drug-likeness (QED) is 0.435. The smallest absolute Gasteiger partial charge is 0.264 e. The van der Waals surface area contributed by atoms with Gasteiger partial charge in [-0.2, -0.15) is 0 Å². The zero-order valence-electron chi connectivity index (χ0n) is 15.2. The lowest BCUT2D eigenvalue weighted by molar-refractivity contribution is -0.118. The van der Waals surface area contributed by atoms with Crippen LogP contribution in [0.2, 0.25) is 0 Å². The molecular formula is C20H17N5O3S. The van der Waals surface area contributed by atoms with E-state index >= 15 is 0 Å². The summed E-state index contributed by atoms with van der Waals surface area (Å²) in [6.07, 6.45) is 3.74. The number of nitrogens with two attached hydrogens (primary N) is 1. The van der Waals surface area contributed by atoms with Crippen LogP contribution in [0.5, 0.6) is 5.75 Å². The third-order valence-corrected chi connectivity index (χ3v) is 4.91. The molecule has 0 spiro atoms. The topological polar surface area (TPSA) is 123 Å². The van der Waals surface area contributed by atoms with Crippen LogP contribution in [-0.4, -0.2) is 33.4 Å². The van der Waals surface area contributed by atoms with E-state index in [1.807, 2.05) is 23.7 Å². The molecule has 0 bridgehead atoms. The highest BCUT2D eigenvalue weighted by molar-refractivity contribution is 7.14. The second-order valence-electron chi connectivity index (χ2n) is 6.26. The predicted octanol–water partition coefficient (Wildman–Crippen LogP) is 2.73. The first kappa shape index (κ1) is 18.6. The van der Waals surface area contributed by atoms with E-state index in [9.17, 15) is 9.59 Å². The van der Waals surface area contributed by atoms with Gasteiger partial charge in [-0.1, -0.05) is 12.1 Å². The molecule has 0 saturated carbocycles. The summed E-state index contributed by atoms with van der Waals surface area (Å²) in [5.41, 5.74) is 8.43. The molecule has 1 aromatic carbocycles. The number of ether oxygens (including phenoxy) is 1. The summed E-state index contributed by atoms with van der Waals surface area (Å²) in [4.78, 5) is 34.9. The monoisotopic (exact) mass is 407 g/mol. The van der Waals surface area contributed by atoms with Crippen molar-refractivity contribution in [2.45, 2.75) is 6.42 Å². The van der Waals surface area contributed by atoms with E-state index in [1.54, 1.807) is 30.5 Å². The molecule has 2 amide bonds. The van der Waals surface area contributed by atoms with Crippen molar-refractivity contribution in [1.82, 2.24) is 15.0 Å². The highest BCUT2D eigenvalue weighted by atomic mass is 32.1. The van der Waals surface area contributed by atoms with E-state index in [1.165, 1.54) is 11.3 Å². The van der Waals surface area contributed by atoms with Crippen LogP contribution in [0.25, 0.3) is 22.3 Å². The number of H-pyrrole nitrogens is 1. The molecule has 0 aliphatic heterocycles. The minimum atomic E-state index is -0.398. The van der Waals surface area contributed by atoms with Gasteiger partial charge in [-0.25, -0.2) is 9.97 Å². The van der Waals surface area contributed by atoms with Crippen LogP contribution in [0.1, 0.15) is 5.56 Å². The number of carbonyl (C=O) groups excluding carboxylic acids is 2. The zero-order valence-corrected chi connectivity index (χ0v) is 16.0. The second-order valence-corrected chi connectivity index (χ2v) is 7.12. The van der Waals surface area contributed by atoms with Gasteiger partial charge >= 0.3 is 0 Å². The molecule has 146 valence electrons. The van der Waals surface area contributed by atoms with Crippen molar-refractivity contribution in [2.75, 3.05) is 11.9 Å². The first-order chi connectivity index (χ1) is 14.1. The molecule has 4 rings (SSSR count). The fraction of sp³-hybridized carbons (Fsp3) is 0.100. The maximum Gasteiger partial charge on any atom is 0.264 e. The summed E-state index contributed by atoms with van der Waals surface area (Å²) in [7, 11) is 0. The summed E-state index contributed by atoms with van der Waals surface area (Å²) in [6, 6.07) is 10.7. The minimum absolute atomic E-state index is 0.152. The zero-order chi connectivity index (χ0) is 20.2. The molecular weight excluding hydrogens is 390 g/mol. The second kappa shape index (κ2) is 8.11. The number of rotatable bonds is 7. The van der Waals surface area contributed by atoms with Crippen molar-refractivity contribution < 1.29 is 14.3 Å². The molecule has 29 heavy (non-hydrogen) atoms. The number of anilines is 1. The van der Waals surface area contributed by atoms with Crippen molar-refractivity contribution in [2.24, 2.45) is 5.73 Å². The fourth-order valence-electron chi connectivity index (χ4n) is 2.83. The van der Waals surface area contributed by atoms with Crippen LogP contribution >= 0.6 is 11.3 Å². The number of fused-ring (bicyclic) bond motifs is 1. The summed E-state index contributed by atoms with van der Waals surface area (Å²) in [5, 5.41) is 6.08. The Morgan fingerprint density at radius 1 is 1.21 bits per heavy atom. The molecule has 3 aromatic heterocycles. The van der Waals surface area contributed by atoms with Gasteiger partial charge in [-0.15, -0.1) is 11.3 Å². The van der Waals surface area contributed by atoms with Crippen LogP contribution in [0.15, 0.2) is 54.2 Å². The number of aromatic amines is 1. The van der Waals surface area contributed by atoms with Gasteiger partial charge in [0.15, 0.2) is 11.7 Å². The van der Waals surface area contributed by atoms with E-state index in [2.05, 4.69) is 20.3 Å². The van der Waals surface area contributed by atoms with Crippen molar-refractivity contribution in [3.63, 3.8) is 0 Å². The van der Waals surface area contributed by atoms with Gasteiger partial charge in [-0.05, 0) is 29.8 Å². The lowest BCUT2D eigenvalue weighted by Crippen LogP contribution is -2.20. The number of aromatic nitrogens is 3. The number of nitrogens with zero attached hydrogens (tertiary/aromatic N) is 2. The Bertz CT molecular complexity index is 1170. The Labute approximate surface area is 169 Å². The molecule has 0 aliphatic rings. The largest absolute Gasteiger partial charge is 0.484 e. The predicted molar refractivity (Wildman–Crippen MR) is 111 cm³/mol. The standard InChI is InChI=1S/C20H17N5O3S/c21-17(26)8-12-3-5-13(6-4-12)28-10-18(27)25-20-24-16(11-29-20)15-9-23-19-14(15)2-1-7-22-19/h1-7,9,11H,8,10H2,(H2,21,26)(H,22,23)(H,24,25,27). The van der Waals surface area contributed by atoms with Gasteiger partial charge in [0.25, 0.3) is 5.91 Å². The molecule has 0 unspecified atom stereocenters. The highest BCUT2D eigenvalue weighted by Crippen LogP contribution is 2.30. The van der Waals surface area contributed by atoms with E-state index in [0.717, 1.165) is 27.9 Å². The van der Waals surface area contributed by atoms with Crippen LogP contribution in [0.4, 0.5) is 5.13 Å². The van der Waals surface area contributed by atoms with Gasteiger partial charge in [0, 0.05) is 28.7 Å². The van der Waals surface area contributed by atoms with Crippen molar-refractivity contribution in [3.05, 3.63) is 59.7 Å². The average Bonchev–Trinajstić information content (AvgIpc) is 3.33. The normalized spacial score (nSPS) is 10.8. The highest BCUT2D eigenvalue weighted by Gasteiger charge is 2.12. The Kier molecular flexibility index (Phi) is 5.21. The molecule has 4 aromatic rings. The minimum Gasteiger partial charge on any atom is -0.484 e. The van der Waals surface area contributed by atoms with Gasteiger partial charge in [0.2, 0.25) is 5.91 Å². The molecule has 0 aliphatic carbocycles. The summed E-state index contributed by atoms with van der Waals surface area (Å²) >= 11 is 1.34. The summed E-state index contributed by atoms with van der Waals surface area (Å²) < 4.78 is 5.47. The van der Waals surface area contributed by atoms with Crippen LogP contribution < -0.4 is 15.8 Å².